The first-order chi connectivity index (χ1) is 11.3. The van der Waals surface area contributed by atoms with E-state index in [2.05, 4.69) is 51.1 Å². The van der Waals surface area contributed by atoms with Gasteiger partial charge in [-0.3, -0.25) is 0 Å². The number of hydrogen-bond acceptors (Lipinski definition) is 0. The van der Waals surface area contributed by atoms with Crippen molar-refractivity contribution in [2.75, 3.05) is 0 Å². The van der Waals surface area contributed by atoms with Gasteiger partial charge in [-0.2, -0.15) is 0 Å². The molecule has 0 atom stereocenters. The molecule has 0 unspecified atom stereocenters. The van der Waals surface area contributed by atoms with E-state index < -0.39 is 0 Å². The standard InChI is InChI=1S/C23H34/c1-4-7-12-20-17-18-22(19-13-10-11-14-19)23(16-9-6-3)21(20)15-8-5-2/h10-11,13,17-18H,4-9,12,14-16H2,1-3H3. The molecule has 0 heterocycles. The van der Waals surface area contributed by atoms with Crippen LogP contribution in [0.15, 0.2) is 30.4 Å². The van der Waals surface area contributed by atoms with Crippen molar-refractivity contribution in [3.63, 3.8) is 0 Å². The number of rotatable bonds is 10. The van der Waals surface area contributed by atoms with E-state index in [0.29, 0.717) is 0 Å². The van der Waals surface area contributed by atoms with Crippen molar-refractivity contribution in [2.45, 2.75) is 85.0 Å². The molecule has 0 spiro atoms. The maximum Gasteiger partial charge on any atom is -0.00883 e. The van der Waals surface area contributed by atoms with E-state index in [-0.39, 0.29) is 0 Å². The van der Waals surface area contributed by atoms with Gasteiger partial charge in [0.2, 0.25) is 0 Å². The summed E-state index contributed by atoms with van der Waals surface area (Å²) >= 11 is 0. The first-order valence-corrected chi connectivity index (χ1v) is 9.81. The predicted molar refractivity (Wildman–Crippen MR) is 104 cm³/mol. The van der Waals surface area contributed by atoms with E-state index in [1.165, 1.54) is 68.9 Å². The molecular weight excluding hydrogens is 276 g/mol. The Kier molecular flexibility index (Phi) is 7.65. The van der Waals surface area contributed by atoms with Crippen molar-refractivity contribution in [1.29, 1.82) is 0 Å². The molecule has 0 aromatic heterocycles. The summed E-state index contributed by atoms with van der Waals surface area (Å²) in [6.07, 6.45) is 19.5. The Bertz CT molecular complexity index is 545. The maximum atomic E-state index is 2.44. The molecule has 0 nitrogen and oxygen atoms in total. The minimum absolute atomic E-state index is 1.11. The van der Waals surface area contributed by atoms with Gasteiger partial charge in [-0.05, 0) is 72.8 Å². The summed E-state index contributed by atoms with van der Waals surface area (Å²) in [5.41, 5.74) is 8.05. The fourth-order valence-electron chi connectivity index (χ4n) is 3.59. The molecule has 0 aliphatic heterocycles. The normalized spacial score (nSPS) is 13.6. The quantitative estimate of drug-likeness (QED) is 0.434. The first-order valence-electron chi connectivity index (χ1n) is 9.81. The average molecular weight is 311 g/mol. The van der Waals surface area contributed by atoms with Crippen molar-refractivity contribution >= 4 is 5.57 Å². The number of benzene rings is 1. The molecule has 0 saturated carbocycles. The predicted octanol–water partition coefficient (Wildman–Crippen LogP) is 7.06. The van der Waals surface area contributed by atoms with Gasteiger partial charge in [-0.1, -0.05) is 70.4 Å². The van der Waals surface area contributed by atoms with Gasteiger partial charge < -0.3 is 0 Å². The fourth-order valence-corrected chi connectivity index (χ4v) is 3.59. The molecule has 0 N–H and O–H groups in total. The van der Waals surface area contributed by atoms with Crippen LogP contribution in [0.4, 0.5) is 0 Å². The summed E-state index contributed by atoms with van der Waals surface area (Å²) in [6, 6.07) is 4.86. The lowest BCUT2D eigenvalue weighted by molar-refractivity contribution is 0.733. The van der Waals surface area contributed by atoms with Crippen LogP contribution in [-0.4, -0.2) is 0 Å². The zero-order valence-electron chi connectivity index (χ0n) is 15.5. The molecule has 1 aromatic rings. The monoisotopic (exact) mass is 310 g/mol. The summed E-state index contributed by atoms with van der Waals surface area (Å²) in [5, 5.41) is 0. The third kappa shape index (κ3) is 4.83. The smallest absolute Gasteiger partial charge is 0.00883 e. The Morgan fingerprint density at radius 1 is 0.783 bits per heavy atom. The van der Waals surface area contributed by atoms with Crippen LogP contribution in [0, 0.1) is 0 Å². The largest absolute Gasteiger partial charge is 0.0801 e. The molecule has 2 rings (SSSR count). The van der Waals surface area contributed by atoms with E-state index in [4.69, 9.17) is 0 Å². The Hall–Kier alpha value is -1.30. The van der Waals surface area contributed by atoms with Crippen LogP contribution in [-0.2, 0) is 19.3 Å². The minimum Gasteiger partial charge on any atom is -0.0801 e. The Morgan fingerprint density at radius 3 is 2.04 bits per heavy atom. The lowest BCUT2D eigenvalue weighted by Gasteiger charge is -2.20. The topological polar surface area (TPSA) is 0 Å². The third-order valence-electron chi connectivity index (χ3n) is 5.01. The molecule has 1 aliphatic rings. The van der Waals surface area contributed by atoms with E-state index >= 15 is 0 Å². The van der Waals surface area contributed by atoms with E-state index in [1.54, 1.807) is 16.7 Å². The van der Waals surface area contributed by atoms with E-state index in [9.17, 15) is 0 Å². The van der Waals surface area contributed by atoms with Crippen LogP contribution in [0.25, 0.3) is 5.57 Å². The minimum atomic E-state index is 1.11. The third-order valence-corrected chi connectivity index (χ3v) is 5.01. The molecule has 0 amide bonds. The lowest BCUT2D eigenvalue weighted by atomic mass is 9.85. The van der Waals surface area contributed by atoms with E-state index in [1.807, 2.05) is 0 Å². The molecule has 1 aliphatic carbocycles. The van der Waals surface area contributed by atoms with Gasteiger partial charge in [-0.15, -0.1) is 0 Å². The second-order valence-corrected chi connectivity index (χ2v) is 6.86. The van der Waals surface area contributed by atoms with Crippen LogP contribution in [0.3, 0.4) is 0 Å². The van der Waals surface area contributed by atoms with Gasteiger partial charge in [0.05, 0.1) is 0 Å². The Balaban J connectivity index is 2.41. The summed E-state index contributed by atoms with van der Waals surface area (Å²) in [7, 11) is 0. The average Bonchev–Trinajstić information content (AvgIpc) is 3.10. The number of unbranched alkanes of at least 4 members (excludes halogenated alkanes) is 3. The molecule has 0 heteroatoms. The van der Waals surface area contributed by atoms with Gasteiger partial charge in [0, 0.05) is 0 Å². The molecule has 0 bridgehead atoms. The summed E-state index contributed by atoms with van der Waals surface area (Å²) in [5.74, 6) is 0. The Labute approximate surface area is 143 Å². The summed E-state index contributed by atoms with van der Waals surface area (Å²) < 4.78 is 0. The molecule has 0 fully saturated rings. The van der Waals surface area contributed by atoms with Gasteiger partial charge >= 0.3 is 0 Å². The highest BCUT2D eigenvalue weighted by molar-refractivity contribution is 5.74. The van der Waals surface area contributed by atoms with Gasteiger partial charge in [0.15, 0.2) is 0 Å². The zero-order valence-corrected chi connectivity index (χ0v) is 15.5. The summed E-state index contributed by atoms with van der Waals surface area (Å²) in [6.45, 7) is 6.92. The zero-order chi connectivity index (χ0) is 16.5. The van der Waals surface area contributed by atoms with Gasteiger partial charge in [-0.25, -0.2) is 0 Å². The highest BCUT2D eigenvalue weighted by Crippen LogP contribution is 2.32. The van der Waals surface area contributed by atoms with Crippen LogP contribution in [0.2, 0.25) is 0 Å². The maximum absolute atomic E-state index is 2.44. The van der Waals surface area contributed by atoms with Crippen molar-refractivity contribution in [3.05, 3.63) is 52.6 Å². The first kappa shape index (κ1) is 18.0. The molecule has 0 radical (unpaired) electrons. The number of hydrogen-bond donors (Lipinski definition) is 0. The molecule has 1 aromatic carbocycles. The highest BCUT2D eigenvalue weighted by Gasteiger charge is 2.15. The fraction of sp³-hybridized carbons (Fsp3) is 0.565. The molecule has 23 heavy (non-hydrogen) atoms. The van der Waals surface area contributed by atoms with Crippen LogP contribution < -0.4 is 0 Å². The van der Waals surface area contributed by atoms with Crippen LogP contribution in [0.5, 0.6) is 0 Å². The summed E-state index contributed by atoms with van der Waals surface area (Å²) in [4.78, 5) is 0. The number of aryl methyl sites for hydroxylation is 1. The van der Waals surface area contributed by atoms with Crippen LogP contribution >= 0.6 is 0 Å². The van der Waals surface area contributed by atoms with Crippen molar-refractivity contribution in [1.82, 2.24) is 0 Å². The van der Waals surface area contributed by atoms with Crippen molar-refractivity contribution in [3.8, 4) is 0 Å². The second kappa shape index (κ2) is 9.75. The lowest BCUT2D eigenvalue weighted by Crippen LogP contribution is -2.05. The van der Waals surface area contributed by atoms with Gasteiger partial charge in [0.25, 0.3) is 0 Å². The highest BCUT2D eigenvalue weighted by atomic mass is 14.2. The molecule has 0 saturated heterocycles. The SMILES string of the molecule is CCCCc1ccc(C2=CC=CC2)c(CCCC)c1CCCC. The van der Waals surface area contributed by atoms with Crippen LogP contribution in [0.1, 0.15) is 88.0 Å². The molecule has 126 valence electrons. The van der Waals surface area contributed by atoms with E-state index in [0.717, 1.165) is 6.42 Å². The van der Waals surface area contributed by atoms with Gasteiger partial charge in [0.1, 0.15) is 0 Å². The van der Waals surface area contributed by atoms with Crippen molar-refractivity contribution < 1.29 is 0 Å². The molecular formula is C23H34. The second-order valence-electron chi connectivity index (χ2n) is 6.86. The van der Waals surface area contributed by atoms with Crippen molar-refractivity contribution in [2.24, 2.45) is 0 Å². The Morgan fingerprint density at radius 2 is 1.43 bits per heavy atom. The number of allylic oxidation sites excluding steroid dienone is 4.